The molecule has 380 valence electrons. The zero-order valence-electron chi connectivity index (χ0n) is 26.3. The van der Waals surface area contributed by atoms with Crippen LogP contribution in [0.2, 0.25) is 0 Å². The Morgan fingerprint density at radius 3 is 0.349 bits per heavy atom. The van der Waals surface area contributed by atoms with Gasteiger partial charge in [0.05, 0.1) is 0 Å². The van der Waals surface area contributed by atoms with Gasteiger partial charge in [-0.15, -0.1) is 0 Å². The highest BCUT2D eigenvalue weighted by Gasteiger charge is 3.08. The van der Waals surface area contributed by atoms with Crippen molar-refractivity contribution >= 4 is 0 Å². The maximum atomic E-state index is 15.2. The molecular formula is C20F42O. The van der Waals surface area contributed by atoms with Gasteiger partial charge >= 0.3 is 108 Å². The molecule has 1 nitrogen and oxygen atoms in total. The van der Waals surface area contributed by atoms with E-state index < -0.39 is 119 Å². The zero-order chi connectivity index (χ0) is 52.7. The summed E-state index contributed by atoms with van der Waals surface area (Å²) < 4.78 is 582. The molecule has 0 aromatic carbocycles. The second-order valence-electron chi connectivity index (χ2n) is 11.3. The molecular weight excluding hydrogens is 1050 g/mol. The van der Waals surface area contributed by atoms with Crippen LogP contribution in [0.1, 0.15) is 0 Å². The summed E-state index contributed by atoms with van der Waals surface area (Å²) in [5, 5.41) is 0. The molecule has 43 heteroatoms. The molecule has 0 aromatic rings. The van der Waals surface area contributed by atoms with Gasteiger partial charge in [0.1, 0.15) is 0 Å². The molecule has 63 heavy (non-hydrogen) atoms. The monoisotopic (exact) mass is 1050 g/mol. The molecule has 0 radical (unpaired) electrons. The van der Waals surface area contributed by atoms with Crippen LogP contribution in [-0.4, -0.2) is 119 Å². The molecule has 0 fully saturated rings. The van der Waals surface area contributed by atoms with Crippen LogP contribution in [-0.2, 0) is 4.74 Å². The highest BCUT2D eigenvalue weighted by atomic mass is 19.5. The van der Waals surface area contributed by atoms with Crippen molar-refractivity contribution in [3.05, 3.63) is 0 Å². The lowest BCUT2D eigenvalue weighted by Crippen LogP contribution is -2.91. The Hall–Kier alpha value is -2.98. The maximum absolute atomic E-state index is 15.2. The fourth-order valence-corrected chi connectivity index (χ4v) is 4.18. The van der Waals surface area contributed by atoms with Gasteiger partial charge in [0.25, 0.3) is 11.2 Å². The lowest BCUT2D eigenvalue weighted by atomic mass is 9.71. The van der Waals surface area contributed by atoms with Crippen molar-refractivity contribution in [1.29, 1.82) is 0 Å². The number of hydrogen-bond acceptors (Lipinski definition) is 1. The van der Waals surface area contributed by atoms with Crippen molar-refractivity contribution in [3.8, 4) is 0 Å². The summed E-state index contributed by atoms with van der Waals surface area (Å²) in [4.78, 5) is 0. The number of rotatable bonds is 14. The van der Waals surface area contributed by atoms with Crippen molar-refractivity contribution in [3.63, 3.8) is 0 Å². The molecule has 0 bridgehead atoms. The Labute approximate surface area is 310 Å². The highest BCUT2D eigenvalue weighted by Crippen LogP contribution is 2.75. The number of ether oxygens (including phenoxy) is 1. The quantitative estimate of drug-likeness (QED) is 0.158. The van der Waals surface area contributed by atoms with E-state index in [9.17, 15) is 167 Å². The largest absolute Gasteiger partial charge is 0.460 e. The molecule has 0 aliphatic carbocycles. The maximum Gasteiger partial charge on any atom is 0.460 e. The van der Waals surface area contributed by atoms with E-state index in [1.165, 1.54) is 0 Å². The van der Waals surface area contributed by atoms with E-state index in [0.29, 0.717) is 0 Å². The number of hydrogen-bond donors (Lipinski definition) is 0. The van der Waals surface area contributed by atoms with Gasteiger partial charge in [0.2, 0.25) is 0 Å². The van der Waals surface area contributed by atoms with E-state index in [-0.39, 0.29) is 4.74 Å². The topological polar surface area (TPSA) is 9.23 Å². The summed E-state index contributed by atoms with van der Waals surface area (Å²) >= 11 is 0. The molecule has 0 aromatic heterocycles. The van der Waals surface area contributed by atoms with Gasteiger partial charge in [0, 0.05) is 0 Å². The number of halogens is 42. The van der Waals surface area contributed by atoms with E-state index in [4.69, 9.17) is 0 Å². The summed E-state index contributed by atoms with van der Waals surface area (Å²) in [6, 6.07) is 0. The van der Waals surface area contributed by atoms with Gasteiger partial charge in [-0.25, -0.2) is 0 Å². The van der Waals surface area contributed by atoms with Gasteiger partial charge in [-0.1, -0.05) is 0 Å². The Morgan fingerprint density at radius 1 is 0.127 bits per heavy atom. The van der Waals surface area contributed by atoms with Gasteiger partial charge in [-0.2, -0.15) is 184 Å². The molecule has 0 N–H and O–H groups in total. The first-order valence-corrected chi connectivity index (χ1v) is 12.8. The average Bonchev–Trinajstić information content (AvgIpc) is 2.96. The average molecular weight is 1050 g/mol. The first-order valence-electron chi connectivity index (χ1n) is 12.8. The molecule has 0 amide bonds. The van der Waals surface area contributed by atoms with Crippen molar-refractivity contribution in [2.24, 2.45) is 0 Å². The summed E-state index contributed by atoms with van der Waals surface area (Å²) in [5.41, 5.74) is -24.7. The van der Waals surface area contributed by atoms with Crippen LogP contribution in [0.4, 0.5) is 184 Å². The van der Waals surface area contributed by atoms with Gasteiger partial charge in [-0.3, -0.25) is 0 Å². The molecule has 0 spiro atoms. The molecule has 0 heterocycles. The second kappa shape index (κ2) is 14.3. The van der Waals surface area contributed by atoms with Crippen LogP contribution < -0.4 is 0 Å². The molecule has 0 atom stereocenters. The van der Waals surface area contributed by atoms with Crippen LogP contribution in [0.5, 0.6) is 0 Å². The van der Waals surface area contributed by atoms with E-state index in [1.54, 1.807) is 0 Å². The minimum Gasteiger partial charge on any atom is -0.332 e. The molecule has 0 aliphatic heterocycles. The molecule has 0 saturated carbocycles. The van der Waals surface area contributed by atoms with Crippen LogP contribution in [0, 0.1) is 0 Å². The predicted molar refractivity (Wildman–Crippen MR) is 102 cm³/mol. The first kappa shape index (κ1) is 60.0. The van der Waals surface area contributed by atoms with E-state index >= 15 is 17.6 Å². The highest BCUT2D eigenvalue weighted by molar-refractivity contribution is 5.31. The second-order valence-corrected chi connectivity index (χ2v) is 11.3. The van der Waals surface area contributed by atoms with Crippen molar-refractivity contribution < 1.29 is 189 Å². The van der Waals surface area contributed by atoms with E-state index in [1.807, 2.05) is 0 Å². The lowest BCUT2D eigenvalue weighted by molar-refractivity contribution is -0.569. The van der Waals surface area contributed by atoms with Gasteiger partial charge < -0.3 is 4.74 Å². The Balaban J connectivity index is 11.0. The zero-order valence-corrected chi connectivity index (χ0v) is 26.3. The van der Waals surface area contributed by atoms with Crippen molar-refractivity contribution in [1.82, 2.24) is 0 Å². The van der Waals surface area contributed by atoms with Crippen LogP contribution in [0.25, 0.3) is 0 Å². The molecule has 0 saturated heterocycles. The predicted octanol–water partition coefficient (Wildman–Crippen LogP) is 13.5. The van der Waals surface area contributed by atoms with Crippen LogP contribution in [0.15, 0.2) is 0 Å². The summed E-state index contributed by atoms with van der Waals surface area (Å²) in [7, 11) is 0. The fourth-order valence-electron chi connectivity index (χ4n) is 4.18. The van der Waals surface area contributed by atoms with E-state index in [2.05, 4.69) is 0 Å². The van der Waals surface area contributed by atoms with Crippen LogP contribution in [0.3, 0.4) is 0 Å². The van der Waals surface area contributed by atoms with Crippen molar-refractivity contribution in [2.45, 2.75) is 119 Å². The standard InChI is InChI=1S/C20F42O/c21-3(22,9(33,34)11(37,38)13(41,42)19(57,58)59)1(5(25,26)15(45,46)47,6(27,28)16(48,49)50)63-2(7(29,30)17(51,52)53,8(31,32)18(54,55)56)4(23,24)10(35,36)12(39,40)14(43,44)20(60,61)62. The van der Waals surface area contributed by atoms with Crippen molar-refractivity contribution in [2.75, 3.05) is 0 Å². The third kappa shape index (κ3) is 7.05. The minimum atomic E-state index is -12.4. The fraction of sp³-hybridized carbons (Fsp3) is 1.00. The van der Waals surface area contributed by atoms with Crippen LogP contribution >= 0.6 is 0 Å². The summed E-state index contributed by atoms with van der Waals surface area (Å²) in [6.45, 7) is 0. The normalized spacial score (nSPS) is 17.4. The lowest BCUT2D eigenvalue weighted by Gasteiger charge is -2.58. The SMILES string of the molecule is FC(F)(F)C(F)(F)C(F)(F)C(F)(F)C(F)(F)C(OC(C(F)(F)C(F)(F)F)(C(F)(F)C(F)(F)F)C(F)(F)C(F)(F)C(F)(F)C(F)(F)C(F)(F)F)(C(F)(F)C(F)(F)F)C(F)(F)C(F)(F)F. The first-order chi connectivity index (χ1) is 26.2. The summed E-state index contributed by atoms with van der Waals surface area (Å²) in [6.07, 6.45) is -59.7. The third-order valence-corrected chi connectivity index (χ3v) is 7.46. The summed E-state index contributed by atoms with van der Waals surface area (Å²) in [5.74, 6) is -133. The van der Waals surface area contributed by atoms with Gasteiger partial charge in [0.15, 0.2) is 0 Å². The Bertz CT molecular complexity index is 1460. The number of alkyl halides is 42. The molecule has 0 unspecified atom stereocenters. The smallest absolute Gasteiger partial charge is 0.332 e. The Kier molecular flexibility index (Phi) is 13.6. The molecule has 0 rings (SSSR count). The Morgan fingerprint density at radius 2 is 0.238 bits per heavy atom. The third-order valence-electron chi connectivity index (χ3n) is 7.46. The van der Waals surface area contributed by atoms with Gasteiger partial charge in [-0.05, 0) is 0 Å². The van der Waals surface area contributed by atoms with E-state index in [0.717, 1.165) is 0 Å². The minimum absolute atomic E-state index is 0.179. The molecule has 0 aliphatic rings.